The van der Waals surface area contributed by atoms with Crippen molar-refractivity contribution in [1.82, 2.24) is 30.4 Å². The number of carbonyl (C=O) groups is 2. The highest BCUT2D eigenvalue weighted by atomic mass is 35.5. The van der Waals surface area contributed by atoms with E-state index < -0.39 is 13.0 Å². The monoisotopic (exact) mass is 563 g/mol. The van der Waals surface area contributed by atoms with E-state index in [1.54, 1.807) is 23.0 Å². The van der Waals surface area contributed by atoms with Crippen LogP contribution in [0.2, 0.25) is 0 Å². The maximum Gasteiger partial charge on any atom is 0.257 e. The molecule has 1 aliphatic heterocycles. The average molecular weight is 564 g/mol. The summed E-state index contributed by atoms with van der Waals surface area (Å²) in [5.41, 5.74) is 4.40. The summed E-state index contributed by atoms with van der Waals surface area (Å²) in [6.45, 7) is 6.49. The molecule has 0 unspecified atom stereocenters. The lowest BCUT2D eigenvalue weighted by Gasteiger charge is -2.32. The number of fused-ring (bicyclic) bond motifs is 2. The number of hydrogen-bond donors (Lipinski definition) is 2. The number of nitrogens with one attached hydrogen (secondary N) is 2. The Kier molecular flexibility index (Phi) is 10.6. The third kappa shape index (κ3) is 7.43. The standard InChI is InChI=1S/C27H35F2N7O2.ClH/c1-4-30-9-10-31-26(37)17-34(18-27(38)33(3)35-14-20-7-5-6-8-21(20)15-35)23-12-22-13-32-36(16-25(28)29)24(22)11-19(23)2;/h5-8,11-13,25,30H,4,9-10,14-18H2,1-3H3,(H,31,37);1H. The molecule has 0 bridgehead atoms. The van der Waals surface area contributed by atoms with E-state index in [0.717, 1.165) is 12.1 Å². The van der Waals surface area contributed by atoms with Crippen LogP contribution in [0.25, 0.3) is 10.9 Å². The number of amides is 2. The van der Waals surface area contributed by atoms with Crippen LogP contribution < -0.4 is 15.5 Å². The Morgan fingerprint density at radius 3 is 2.44 bits per heavy atom. The van der Waals surface area contributed by atoms with Gasteiger partial charge in [-0.3, -0.25) is 19.3 Å². The molecule has 12 heteroatoms. The molecule has 39 heavy (non-hydrogen) atoms. The molecule has 0 radical (unpaired) electrons. The zero-order chi connectivity index (χ0) is 27.2. The summed E-state index contributed by atoms with van der Waals surface area (Å²) in [5.74, 6) is -0.369. The van der Waals surface area contributed by atoms with Crippen molar-refractivity contribution in [3.63, 3.8) is 0 Å². The molecule has 2 amide bonds. The van der Waals surface area contributed by atoms with Crippen LogP contribution in [0.1, 0.15) is 23.6 Å². The fourth-order valence-corrected chi connectivity index (χ4v) is 4.71. The fraction of sp³-hybridized carbons (Fsp3) is 0.444. The van der Waals surface area contributed by atoms with Gasteiger partial charge < -0.3 is 15.5 Å². The van der Waals surface area contributed by atoms with Gasteiger partial charge in [-0.1, -0.05) is 31.2 Å². The molecule has 0 saturated heterocycles. The van der Waals surface area contributed by atoms with Crippen molar-refractivity contribution in [1.29, 1.82) is 0 Å². The molecular formula is C27H36ClF2N7O2. The molecule has 4 rings (SSSR count). The van der Waals surface area contributed by atoms with Crippen LogP contribution in [0.5, 0.6) is 0 Å². The molecule has 0 atom stereocenters. The molecule has 0 saturated carbocycles. The molecule has 0 aliphatic carbocycles. The number of aromatic nitrogens is 2. The Morgan fingerprint density at radius 1 is 1.10 bits per heavy atom. The highest BCUT2D eigenvalue weighted by Crippen LogP contribution is 2.28. The van der Waals surface area contributed by atoms with Gasteiger partial charge in [0.2, 0.25) is 5.91 Å². The van der Waals surface area contributed by atoms with Crippen molar-refractivity contribution < 1.29 is 18.4 Å². The molecule has 2 N–H and O–H groups in total. The van der Waals surface area contributed by atoms with Gasteiger partial charge in [0, 0.05) is 44.3 Å². The summed E-state index contributed by atoms with van der Waals surface area (Å²) in [6, 6.07) is 11.7. The van der Waals surface area contributed by atoms with Crippen LogP contribution in [-0.2, 0) is 29.2 Å². The van der Waals surface area contributed by atoms with E-state index in [9.17, 15) is 18.4 Å². The number of benzene rings is 2. The van der Waals surface area contributed by atoms with Crippen LogP contribution in [0, 0.1) is 6.92 Å². The van der Waals surface area contributed by atoms with E-state index in [2.05, 4.69) is 27.9 Å². The third-order valence-electron chi connectivity index (χ3n) is 6.75. The second-order valence-electron chi connectivity index (χ2n) is 9.48. The molecule has 0 spiro atoms. The minimum absolute atomic E-state index is 0. The lowest BCUT2D eigenvalue weighted by atomic mass is 10.1. The Bertz CT molecular complexity index is 1260. The first kappa shape index (κ1) is 30.3. The van der Waals surface area contributed by atoms with Gasteiger partial charge in [0.05, 0.1) is 24.8 Å². The lowest BCUT2D eigenvalue weighted by molar-refractivity contribution is -0.145. The summed E-state index contributed by atoms with van der Waals surface area (Å²) in [4.78, 5) is 28.0. The summed E-state index contributed by atoms with van der Waals surface area (Å²) >= 11 is 0. The van der Waals surface area contributed by atoms with Crippen molar-refractivity contribution in [2.75, 3.05) is 44.7 Å². The second-order valence-corrected chi connectivity index (χ2v) is 9.48. The van der Waals surface area contributed by atoms with E-state index in [-0.39, 0.29) is 37.3 Å². The largest absolute Gasteiger partial charge is 0.353 e. The Hall–Kier alpha value is -3.28. The SMILES string of the molecule is CCNCCNC(=O)CN(CC(=O)N(C)N1Cc2ccccc2C1)c1cc2cnn(CC(F)F)c2cc1C.Cl. The number of carbonyl (C=O) groups excluding carboxylic acids is 2. The van der Waals surface area contributed by atoms with E-state index in [0.29, 0.717) is 42.8 Å². The number of likely N-dealkylation sites (N-methyl/N-ethyl adjacent to an activating group) is 2. The van der Waals surface area contributed by atoms with Crippen molar-refractivity contribution >= 4 is 40.8 Å². The summed E-state index contributed by atoms with van der Waals surface area (Å²) in [5, 5.41) is 14.4. The predicted molar refractivity (Wildman–Crippen MR) is 150 cm³/mol. The molecule has 9 nitrogen and oxygen atoms in total. The number of anilines is 1. The fourth-order valence-electron chi connectivity index (χ4n) is 4.71. The predicted octanol–water partition coefficient (Wildman–Crippen LogP) is 2.95. The van der Waals surface area contributed by atoms with Crippen LogP contribution in [0.4, 0.5) is 14.5 Å². The topological polar surface area (TPSA) is 85.7 Å². The summed E-state index contributed by atoms with van der Waals surface area (Å²) in [7, 11) is 1.74. The minimum atomic E-state index is -2.52. The number of nitrogens with zero attached hydrogens (tertiary/aromatic N) is 5. The number of halogens is 3. The summed E-state index contributed by atoms with van der Waals surface area (Å²) in [6.07, 6.45) is -0.990. The van der Waals surface area contributed by atoms with Gasteiger partial charge in [0.15, 0.2) is 0 Å². The van der Waals surface area contributed by atoms with Gasteiger partial charge in [0.25, 0.3) is 12.3 Å². The lowest BCUT2D eigenvalue weighted by Crippen LogP contribution is -2.48. The molecule has 212 valence electrons. The molecule has 1 aliphatic rings. The normalized spacial score (nSPS) is 12.9. The quantitative estimate of drug-likeness (QED) is 0.330. The molecule has 0 fully saturated rings. The number of aryl methyl sites for hydroxylation is 1. The van der Waals surface area contributed by atoms with Crippen LogP contribution in [0.3, 0.4) is 0 Å². The average Bonchev–Trinajstić information content (AvgIpc) is 3.49. The molecule has 3 aromatic rings. The van der Waals surface area contributed by atoms with Crippen molar-refractivity contribution in [3.05, 3.63) is 59.3 Å². The van der Waals surface area contributed by atoms with Gasteiger partial charge in [-0.25, -0.2) is 13.8 Å². The smallest absolute Gasteiger partial charge is 0.257 e. The van der Waals surface area contributed by atoms with Crippen LogP contribution in [0.15, 0.2) is 42.6 Å². The van der Waals surface area contributed by atoms with Gasteiger partial charge in [-0.15, -0.1) is 12.4 Å². The van der Waals surface area contributed by atoms with E-state index in [4.69, 9.17) is 0 Å². The van der Waals surface area contributed by atoms with Crippen LogP contribution >= 0.6 is 12.4 Å². The number of alkyl halides is 2. The first-order chi connectivity index (χ1) is 18.3. The zero-order valence-corrected chi connectivity index (χ0v) is 23.3. The zero-order valence-electron chi connectivity index (χ0n) is 22.5. The Labute approximate surface area is 233 Å². The van der Waals surface area contributed by atoms with Crippen LogP contribution in [-0.4, -0.2) is 77.8 Å². The van der Waals surface area contributed by atoms with Crippen molar-refractivity contribution in [2.24, 2.45) is 0 Å². The Balaban J connectivity index is 0.00000420. The highest BCUT2D eigenvalue weighted by Gasteiger charge is 2.27. The Morgan fingerprint density at radius 2 is 1.79 bits per heavy atom. The van der Waals surface area contributed by atoms with Gasteiger partial charge >= 0.3 is 0 Å². The van der Waals surface area contributed by atoms with Gasteiger partial charge in [-0.05, 0) is 42.3 Å². The summed E-state index contributed by atoms with van der Waals surface area (Å²) < 4.78 is 27.3. The maximum atomic E-state index is 13.4. The second kappa shape index (κ2) is 13.7. The highest BCUT2D eigenvalue weighted by molar-refractivity contribution is 5.90. The number of hydrazine groups is 1. The molecule has 1 aromatic heterocycles. The first-order valence-electron chi connectivity index (χ1n) is 12.8. The maximum absolute atomic E-state index is 13.4. The minimum Gasteiger partial charge on any atom is -0.353 e. The first-order valence-corrected chi connectivity index (χ1v) is 12.8. The number of rotatable bonds is 12. The third-order valence-corrected chi connectivity index (χ3v) is 6.75. The number of hydrogen-bond acceptors (Lipinski definition) is 6. The molecular weight excluding hydrogens is 528 g/mol. The van der Waals surface area contributed by atoms with E-state index in [1.807, 2.05) is 37.1 Å². The van der Waals surface area contributed by atoms with Gasteiger partial charge in [-0.2, -0.15) is 5.10 Å². The van der Waals surface area contributed by atoms with E-state index in [1.165, 1.54) is 22.0 Å². The van der Waals surface area contributed by atoms with Crippen molar-refractivity contribution in [3.8, 4) is 0 Å². The molecule has 2 aromatic carbocycles. The molecule has 2 heterocycles. The van der Waals surface area contributed by atoms with E-state index >= 15 is 0 Å². The van der Waals surface area contributed by atoms with Gasteiger partial charge in [0.1, 0.15) is 6.54 Å². The van der Waals surface area contributed by atoms with Crippen molar-refractivity contribution in [2.45, 2.75) is 39.9 Å².